The van der Waals surface area contributed by atoms with Gasteiger partial charge in [0.2, 0.25) is 17.7 Å². The van der Waals surface area contributed by atoms with Crippen LogP contribution in [0.3, 0.4) is 0 Å². The summed E-state index contributed by atoms with van der Waals surface area (Å²) >= 11 is 0. The molecule has 5 amide bonds. The molecule has 54 heavy (non-hydrogen) atoms. The number of hydrogen-bond acceptors (Lipinski definition) is 6. The third kappa shape index (κ3) is 13.7. The van der Waals surface area contributed by atoms with Crippen molar-refractivity contribution in [3.05, 3.63) is 120 Å². The lowest BCUT2D eigenvalue weighted by molar-refractivity contribution is -0.132. The van der Waals surface area contributed by atoms with Crippen LogP contribution >= 0.6 is 0 Å². The van der Waals surface area contributed by atoms with E-state index in [1.54, 1.807) is 0 Å². The zero-order valence-electron chi connectivity index (χ0n) is 30.4. The van der Waals surface area contributed by atoms with Crippen molar-refractivity contribution >= 4 is 29.7 Å². The predicted octanol–water partition coefficient (Wildman–Crippen LogP) is 2.93. The summed E-state index contributed by atoms with van der Waals surface area (Å²) in [6.07, 6.45) is 2.21. The van der Waals surface area contributed by atoms with Gasteiger partial charge in [0.1, 0.15) is 12.1 Å². The molecule has 13 heteroatoms. The Balaban J connectivity index is 1.45. The van der Waals surface area contributed by atoms with E-state index in [0.717, 1.165) is 33.4 Å². The molecule has 0 fully saturated rings. The molecule has 0 heterocycles. The Morgan fingerprint density at radius 2 is 0.981 bits per heavy atom. The fourth-order valence-electron chi connectivity index (χ4n) is 5.86. The average molecular weight is 734 g/mol. The quantitative estimate of drug-likeness (QED) is 0.0374. The van der Waals surface area contributed by atoms with Gasteiger partial charge < -0.3 is 43.8 Å². The maximum Gasteiger partial charge on any atom is 0.312 e. The van der Waals surface area contributed by atoms with Gasteiger partial charge in [-0.2, -0.15) is 0 Å². The van der Waals surface area contributed by atoms with Crippen LogP contribution in [0.4, 0.5) is 4.79 Å². The highest BCUT2D eigenvalue weighted by Gasteiger charge is 2.28. The summed E-state index contributed by atoms with van der Waals surface area (Å²) in [4.78, 5) is 51.8. The van der Waals surface area contributed by atoms with Crippen LogP contribution in [0.2, 0.25) is 0 Å². The van der Waals surface area contributed by atoms with Gasteiger partial charge in [-0.05, 0) is 65.5 Å². The Labute approximate surface area is 316 Å². The number of amides is 5. The van der Waals surface area contributed by atoms with Crippen LogP contribution in [0.5, 0.6) is 0 Å². The van der Waals surface area contributed by atoms with Crippen molar-refractivity contribution in [2.75, 3.05) is 19.6 Å². The van der Waals surface area contributed by atoms with E-state index >= 15 is 0 Å². The van der Waals surface area contributed by atoms with Crippen molar-refractivity contribution < 1.29 is 19.2 Å². The molecular formula is C41H51N9O4. The smallest absolute Gasteiger partial charge is 0.312 e. The molecule has 284 valence electrons. The predicted molar refractivity (Wildman–Crippen MR) is 212 cm³/mol. The molecule has 0 saturated heterocycles. The molecule has 0 aromatic heterocycles. The second-order valence-corrected chi connectivity index (χ2v) is 13.0. The fourth-order valence-corrected chi connectivity index (χ4v) is 5.86. The number of rotatable bonds is 20. The third-order valence-corrected chi connectivity index (χ3v) is 8.81. The van der Waals surface area contributed by atoms with Crippen LogP contribution in [0.15, 0.2) is 109 Å². The number of carbonyl (C=O) groups excluding carboxylic acids is 4. The van der Waals surface area contributed by atoms with Crippen molar-refractivity contribution in [3.63, 3.8) is 0 Å². The Kier molecular flexibility index (Phi) is 16.0. The minimum absolute atomic E-state index is 0.195. The van der Waals surface area contributed by atoms with Crippen LogP contribution in [-0.4, -0.2) is 67.5 Å². The van der Waals surface area contributed by atoms with Gasteiger partial charge >= 0.3 is 6.03 Å². The fraction of sp³-hybridized carbons (Fsp3) is 0.293. The molecule has 12 N–H and O–H groups in total. The normalized spacial score (nSPS) is 12.4. The molecule has 0 bridgehead atoms. The molecule has 0 radical (unpaired) electrons. The van der Waals surface area contributed by atoms with Crippen LogP contribution in [0.25, 0.3) is 22.3 Å². The number of benzene rings is 4. The van der Waals surface area contributed by atoms with E-state index in [9.17, 15) is 19.2 Å². The van der Waals surface area contributed by atoms with Crippen LogP contribution in [0, 0.1) is 5.41 Å². The maximum atomic E-state index is 13.9. The first-order valence-electron chi connectivity index (χ1n) is 18.1. The first-order chi connectivity index (χ1) is 26.1. The molecule has 0 spiro atoms. The number of hydrogen-bond donors (Lipinski definition) is 9. The number of unbranched alkanes of at least 4 members (excludes halogenated alkanes) is 1. The number of guanidine groups is 1. The van der Waals surface area contributed by atoms with Gasteiger partial charge in [0.25, 0.3) is 0 Å². The monoisotopic (exact) mass is 733 g/mol. The van der Waals surface area contributed by atoms with Crippen molar-refractivity contribution in [3.8, 4) is 22.3 Å². The zero-order chi connectivity index (χ0) is 38.7. The second kappa shape index (κ2) is 21.3. The Morgan fingerprint density at radius 3 is 1.50 bits per heavy atom. The van der Waals surface area contributed by atoms with Gasteiger partial charge in [-0.25, -0.2) is 4.79 Å². The minimum Gasteiger partial charge on any atom is -0.370 e. The number of nitrogens with two attached hydrogens (primary N) is 3. The van der Waals surface area contributed by atoms with Crippen molar-refractivity contribution in [1.29, 1.82) is 5.41 Å². The van der Waals surface area contributed by atoms with Gasteiger partial charge in [-0.1, -0.05) is 109 Å². The molecule has 13 nitrogen and oxygen atoms in total. The van der Waals surface area contributed by atoms with E-state index < -0.39 is 41.9 Å². The largest absolute Gasteiger partial charge is 0.370 e. The van der Waals surface area contributed by atoms with Gasteiger partial charge in [0, 0.05) is 26.1 Å². The molecule has 4 aromatic rings. The Morgan fingerprint density at radius 1 is 0.519 bits per heavy atom. The first-order valence-corrected chi connectivity index (χ1v) is 18.1. The minimum atomic E-state index is -1.02. The van der Waals surface area contributed by atoms with Crippen molar-refractivity contribution in [2.45, 2.75) is 56.7 Å². The van der Waals surface area contributed by atoms with Gasteiger partial charge in [-0.15, -0.1) is 0 Å². The second-order valence-electron chi connectivity index (χ2n) is 13.0. The van der Waals surface area contributed by atoms with E-state index in [0.29, 0.717) is 38.9 Å². The highest BCUT2D eigenvalue weighted by molar-refractivity contribution is 5.93. The summed E-state index contributed by atoms with van der Waals surface area (Å²) in [6, 6.07) is 31.9. The van der Waals surface area contributed by atoms with E-state index in [2.05, 4.69) is 26.6 Å². The van der Waals surface area contributed by atoms with Crippen LogP contribution in [-0.2, 0) is 27.2 Å². The summed E-state index contributed by atoms with van der Waals surface area (Å²) in [6.45, 7) is 0.994. The summed E-state index contributed by atoms with van der Waals surface area (Å²) in [5.74, 6) is -1.65. The van der Waals surface area contributed by atoms with Gasteiger partial charge in [-0.3, -0.25) is 19.8 Å². The zero-order valence-corrected chi connectivity index (χ0v) is 30.4. The van der Waals surface area contributed by atoms with E-state index in [4.69, 9.17) is 22.6 Å². The Bertz CT molecular complexity index is 1800. The van der Waals surface area contributed by atoms with E-state index in [1.165, 1.54) is 0 Å². The number of carbonyl (C=O) groups is 4. The van der Waals surface area contributed by atoms with Gasteiger partial charge in [0.15, 0.2) is 5.96 Å². The molecule has 0 aliphatic heterocycles. The lowest BCUT2D eigenvalue weighted by Gasteiger charge is -2.25. The summed E-state index contributed by atoms with van der Waals surface area (Å²) in [5, 5.41) is 21.3. The number of nitrogens with one attached hydrogen (secondary N) is 6. The van der Waals surface area contributed by atoms with E-state index in [1.807, 2.05) is 109 Å². The molecule has 4 rings (SSSR count). The molecular weight excluding hydrogens is 683 g/mol. The summed E-state index contributed by atoms with van der Waals surface area (Å²) in [7, 11) is 0. The molecule has 0 saturated carbocycles. The maximum absolute atomic E-state index is 13.9. The SMILES string of the molecule is N=C(N)NCCC[C@H](NC(=O)[C@@H](N)Cc1ccc(-c2ccccc2)cc1)C(=O)N[C@@H](Cc1ccc(-c2ccccc2)cc1)C(=O)NCCCCNC(N)=O. The number of primary amides is 1. The van der Waals surface area contributed by atoms with Crippen molar-refractivity contribution in [1.82, 2.24) is 26.6 Å². The molecule has 0 unspecified atom stereocenters. The standard InChI is InChI=1S/C41H51N9O4/c42-34(26-28-15-19-32(20-16-28)30-10-3-1-4-11-30)37(51)49-35(14-9-25-47-40(43)44)39(53)50-36(38(52)46-23-7-8-24-48-41(45)54)27-29-17-21-33(22-18-29)31-12-5-2-6-13-31/h1-6,10-13,15-22,34-36H,7-9,14,23-27,42H2,(H,46,52)(H,49,51)(H,50,53)(H4,43,44,47)(H3,45,48,54)/t34-,35-,36-/m0/s1. The molecule has 3 atom stereocenters. The number of urea groups is 1. The lowest BCUT2D eigenvalue weighted by Crippen LogP contribution is -2.56. The topological polar surface area (TPSA) is 230 Å². The highest BCUT2D eigenvalue weighted by Crippen LogP contribution is 2.21. The highest BCUT2D eigenvalue weighted by atomic mass is 16.2. The average Bonchev–Trinajstić information content (AvgIpc) is 3.18. The summed E-state index contributed by atoms with van der Waals surface area (Å²) in [5.41, 5.74) is 22.8. The van der Waals surface area contributed by atoms with Crippen LogP contribution < -0.4 is 43.8 Å². The lowest BCUT2D eigenvalue weighted by atomic mass is 9.99. The van der Waals surface area contributed by atoms with Gasteiger partial charge in [0.05, 0.1) is 6.04 Å². The molecule has 4 aromatic carbocycles. The molecule has 0 aliphatic rings. The van der Waals surface area contributed by atoms with E-state index in [-0.39, 0.29) is 25.2 Å². The molecule has 0 aliphatic carbocycles. The van der Waals surface area contributed by atoms with Crippen LogP contribution in [0.1, 0.15) is 36.8 Å². The summed E-state index contributed by atoms with van der Waals surface area (Å²) < 4.78 is 0. The first kappa shape index (κ1) is 40.6. The van der Waals surface area contributed by atoms with Crippen molar-refractivity contribution in [2.24, 2.45) is 17.2 Å². The Hall–Kier alpha value is -6.21. The third-order valence-electron chi connectivity index (χ3n) is 8.81.